The van der Waals surface area contributed by atoms with Crippen LogP contribution in [0.5, 0.6) is 5.75 Å². The van der Waals surface area contributed by atoms with Crippen molar-refractivity contribution < 1.29 is 13.2 Å². The van der Waals surface area contributed by atoms with E-state index in [2.05, 4.69) is 20.3 Å². The van der Waals surface area contributed by atoms with Crippen molar-refractivity contribution in [3.63, 3.8) is 0 Å². The van der Waals surface area contributed by atoms with Crippen LogP contribution in [-0.2, 0) is 16.6 Å². The Hall–Kier alpha value is -3.57. The SMILES string of the molecule is COc1ccc(S(=O)(=O)N2CCN(c3ncnc4c3nnn4Cc3ccccc3)CC2)cc1C. The second-order valence-electron chi connectivity index (χ2n) is 8.12. The molecule has 2 aromatic carbocycles. The van der Waals surface area contributed by atoms with Crippen LogP contribution < -0.4 is 9.64 Å². The van der Waals surface area contributed by atoms with Crippen molar-refractivity contribution in [3.8, 4) is 5.75 Å². The normalized spacial score (nSPS) is 15.1. The molecule has 1 saturated heterocycles. The van der Waals surface area contributed by atoms with Gasteiger partial charge in [-0.3, -0.25) is 0 Å². The number of hydrogen-bond acceptors (Lipinski definition) is 8. The smallest absolute Gasteiger partial charge is 0.243 e. The fourth-order valence-corrected chi connectivity index (χ4v) is 5.68. The van der Waals surface area contributed by atoms with Gasteiger partial charge < -0.3 is 9.64 Å². The first-order valence-electron chi connectivity index (χ1n) is 11.0. The molecule has 5 rings (SSSR count). The molecule has 176 valence electrons. The van der Waals surface area contributed by atoms with Crippen LogP contribution in [0.25, 0.3) is 11.2 Å². The van der Waals surface area contributed by atoms with Gasteiger partial charge in [0.2, 0.25) is 10.0 Å². The molecule has 0 bridgehead atoms. The Morgan fingerprint density at radius 2 is 1.76 bits per heavy atom. The van der Waals surface area contributed by atoms with Crippen molar-refractivity contribution in [1.29, 1.82) is 0 Å². The van der Waals surface area contributed by atoms with Crippen LogP contribution in [0, 0.1) is 6.92 Å². The molecule has 10 nitrogen and oxygen atoms in total. The molecule has 0 radical (unpaired) electrons. The first-order chi connectivity index (χ1) is 16.5. The van der Waals surface area contributed by atoms with Crippen LogP contribution in [0.4, 0.5) is 5.82 Å². The van der Waals surface area contributed by atoms with Crippen molar-refractivity contribution in [3.05, 3.63) is 66.0 Å². The zero-order valence-corrected chi connectivity index (χ0v) is 19.8. The monoisotopic (exact) mass is 479 g/mol. The van der Waals surface area contributed by atoms with E-state index in [1.807, 2.05) is 42.2 Å². The topological polar surface area (TPSA) is 106 Å². The summed E-state index contributed by atoms with van der Waals surface area (Å²) in [7, 11) is -2.03. The highest BCUT2D eigenvalue weighted by Crippen LogP contribution is 2.26. The van der Waals surface area contributed by atoms with E-state index < -0.39 is 10.0 Å². The molecular formula is C23H25N7O3S. The molecule has 2 aromatic heterocycles. The Bertz CT molecular complexity index is 1420. The van der Waals surface area contributed by atoms with E-state index in [-0.39, 0.29) is 4.90 Å². The number of ether oxygens (including phenoxy) is 1. The first kappa shape index (κ1) is 22.2. The number of rotatable bonds is 6. The fraction of sp³-hybridized carbons (Fsp3) is 0.304. The zero-order valence-electron chi connectivity index (χ0n) is 19.0. The van der Waals surface area contributed by atoms with Crippen LogP contribution in [0.15, 0.2) is 59.8 Å². The summed E-state index contributed by atoms with van der Waals surface area (Å²) in [5, 5.41) is 8.62. The van der Waals surface area contributed by atoms with Gasteiger partial charge in [-0.15, -0.1) is 5.10 Å². The maximum Gasteiger partial charge on any atom is 0.243 e. The van der Waals surface area contributed by atoms with Gasteiger partial charge in [-0.1, -0.05) is 35.5 Å². The number of piperazine rings is 1. The molecule has 0 N–H and O–H groups in total. The minimum Gasteiger partial charge on any atom is -0.496 e. The average Bonchev–Trinajstić information content (AvgIpc) is 3.27. The van der Waals surface area contributed by atoms with Crippen molar-refractivity contribution in [2.24, 2.45) is 0 Å². The Morgan fingerprint density at radius 3 is 2.47 bits per heavy atom. The van der Waals surface area contributed by atoms with E-state index >= 15 is 0 Å². The number of aromatic nitrogens is 5. The number of methoxy groups -OCH3 is 1. The Balaban J connectivity index is 1.34. The number of sulfonamides is 1. The third-order valence-corrected chi connectivity index (χ3v) is 7.89. The van der Waals surface area contributed by atoms with Gasteiger partial charge >= 0.3 is 0 Å². The molecule has 1 aliphatic heterocycles. The molecule has 0 unspecified atom stereocenters. The molecular weight excluding hydrogens is 454 g/mol. The molecule has 0 amide bonds. The summed E-state index contributed by atoms with van der Waals surface area (Å²) < 4.78 is 34.9. The van der Waals surface area contributed by atoms with Crippen molar-refractivity contribution >= 4 is 27.0 Å². The lowest BCUT2D eigenvalue weighted by atomic mass is 10.2. The van der Waals surface area contributed by atoms with Gasteiger partial charge in [0.15, 0.2) is 17.0 Å². The Kier molecular flexibility index (Phi) is 5.88. The van der Waals surface area contributed by atoms with Gasteiger partial charge in [0.05, 0.1) is 18.6 Å². The third kappa shape index (κ3) is 4.08. The summed E-state index contributed by atoms with van der Waals surface area (Å²) in [4.78, 5) is 11.1. The van der Waals surface area contributed by atoms with Crippen molar-refractivity contribution in [1.82, 2.24) is 29.3 Å². The van der Waals surface area contributed by atoms with Gasteiger partial charge in [-0.2, -0.15) is 4.31 Å². The van der Waals surface area contributed by atoms with Gasteiger partial charge in [-0.25, -0.2) is 23.1 Å². The number of anilines is 1. The molecule has 4 aromatic rings. The fourth-order valence-electron chi connectivity index (χ4n) is 4.17. The lowest BCUT2D eigenvalue weighted by molar-refractivity contribution is 0.383. The van der Waals surface area contributed by atoms with Crippen LogP contribution in [0.2, 0.25) is 0 Å². The zero-order chi connectivity index (χ0) is 23.7. The maximum absolute atomic E-state index is 13.2. The van der Waals surface area contributed by atoms with Gasteiger partial charge in [0.1, 0.15) is 12.1 Å². The first-order valence-corrected chi connectivity index (χ1v) is 12.4. The van der Waals surface area contributed by atoms with Gasteiger partial charge in [0, 0.05) is 26.2 Å². The standard InChI is InChI=1S/C23H25N7O3S/c1-17-14-19(8-9-20(17)33-2)34(31,32)29-12-10-28(11-13-29)22-21-23(25-16-24-22)30(27-26-21)15-18-6-4-3-5-7-18/h3-9,14,16H,10-13,15H2,1-2H3. The quantitative estimate of drug-likeness (QED) is 0.414. The maximum atomic E-state index is 13.2. The summed E-state index contributed by atoms with van der Waals surface area (Å²) >= 11 is 0. The predicted octanol–water partition coefficient (Wildman–Crippen LogP) is 2.10. The Labute approximate surface area is 197 Å². The average molecular weight is 480 g/mol. The van der Waals surface area contributed by atoms with Crippen LogP contribution in [0.3, 0.4) is 0 Å². The molecule has 34 heavy (non-hydrogen) atoms. The van der Waals surface area contributed by atoms with E-state index in [1.165, 1.54) is 10.6 Å². The van der Waals surface area contributed by atoms with Gasteiger partial charge in [0.25, 0.3) is 0 Å². The van der Waals surface area contributed by atoms with E-state index in [0.29, 0.717) is 55.5 Å². The van der Waals surface area contributed by atoms with E-state index in [0.717, 1.165) is 11.1 Å². The molecule has 0 spiro atoms. The molecule has 0 saturated carbocycles. The second kappa shape index (κ2) is 8.99. The number of benzene rings is 2. The van der Waals surface area contributed by atoms with Crippen LogP contribution in [0.1, 0.15) is 11.1 Å². The summed E-state index contributed by atoms with van der Waals surface area (Å²) in [5.74, 6) is 1.33. The third-order valence-electron chi connectivity index (χ3n) is 6.00. The highest BCUT2D eigenvalue weighted by molar-refractivity contribution is 7.89. The van der Waals surface area contributed by atoms with Crippen LogP contribution in [-0.4, -0.2) is 71.0 Å². The number of aryl methyl sites for hydroxylation is 1. The highest BCUT2D eigenvalue weighted by atomic mass is 32.2. The molecule has 3 heterocycles. The van der Waals surface area contributed by atoms with E-state index in [1.54, 1.807) is 30.0 Å². The van der Waals surface area contributed by atoms with E-state index in [9.17, 15) is 8.42 Å². The lowest BCUT2D eigenvalue weighted by Crippen LogP contribution is -2.49. The van der Waals surface area contributed by atoms with Crippen molar-refractivity contribution in [2.45, 2.75) is 18.4 Å². The number of nitrogens with zero attached hydrogens (tertiary/aromatic N) is 7. The molecule has 1 fully saturated rings. The summed E-state index contributed by atoms with van der Waals surface area (Å²) in [6, 6.07) is 14.9. The number of hydrogen-bond donors (Lipinski definition) is 0. The summed E-state index contributed by atoms with van der Waals surface area (Å²) in [5.41, 5.74) is 3.14. The number of fused-ring (bicyclic) bond motifs is 1. The van der Waals surface area contributed by atoms with Gasteiger partial charge in [-0.05, 0) is 36.2 Å². The minimum absolute atomic E-state index is 0.271. The molecule has 0 aliphatic carbocycles. The van der Waals surface area contributed by atoms with E-state index in [4.69, 9.17) is 4.74 Å². The summed E-state index contributed by atoms with van der Waals surface area (Å²) in [6.07, 6.45) is 1.51. The van der Waals surface area contributed by atoms with Crippen LogP contribution >= 0.6 is 0 Å². The second-order valence-corrected chi connectivity index (χ2v) is 10.1. The largest absolute Gasteiger partial charge is 0.496 e. The minimum atomic E-state index is -3.60. The predicted molar refractivity (Wildman–Crippen MR) is 127 cm³/mol. The summed E-state index contributed by atoms with van der Waals surface area (Å²) in [6.45, 7) is 4.06. The molecule has 11 heteroatoms. The highest BCUT2D eigenvalue weighted by Gasteiger charge is 2.30. The lowest BCUT2D eigenvalue weighted by Gasteiger charge is -2.34. The Morgan fingerprint density at radius 1 is 1.00 bits per heavy atom. The molecule has 0 atom stereocenters. The molecule has 1 aliphatic rings. The van der Waals surface area contributed by atoms with Crippen molar-refractivity contribution in [2.75, 3.05) is 38.2 Å².